The van der Waals surface area contributed by atoms with Crippen LogP contribution >= 0.6 is 12.4 Å². The maximum Gasteiger partial charge on any atom is 0.262 e. The second kappa shape index (κ2) is 7.35. The number of rotatable bonds is 3. The van der Waals surface area contributed by atoms with E-state index in [0.29, 0.717) is 25.6 Å². The number of piperidine rings is 1. The number of amides is 2. The number of likely N-dealkylation sites (tertiary alicyclic amines) is 1. The summed E-state index contributed by atoms with van der Waals surface area (Å²) < 4.78 is 26.2. The van der Waals surface area contributed by atoms with Gasteiger partial charge in [-0.2, -0.15) is 0 Å². The van der Waals surface area contributed by atoms with Crippen molar-refractivity contribution in [2.75, 3.05) is 26.2 Å². The van der Waals surface area contributed by atoms with Crippen LogP contribution in [0.15, 0.2) is 0 Å². The predicted molar refractivity (Wildman–Crippen MR) is 76.6 cm³/mol. The molecule has 2 fully saturated rings. The summed E-state index contributed by atoms with van der Waals surface area (Å²) in [4.78, 5) is 24.6. The molecule has 0 aliphatic carbocycles. The van der Waals surface area contributed by atoms with Gasteiger partial charge in [0.25, 0.3) is 5.92 Å². The van der Waals surface area contributed by atoms with Crippen molar-refractivity contribution in [3.63, 3.8) is 0 Å². The Morgan fingerprint density at radius 1 is 1.33 bits per heavy atom. The van der Waals surface area contributed by atoms with Gasteiger partial charge in [-0.1, -0.05) is 0 Å². The molecule has 0 radical (unpaired) electrons. The minimum absolute atomic E-state index is 0. The molecule has 2 heterocycles. The molecule has 0 saturated carbocycles. The largest absolute Gasteiger partial charge is 0.356 e. The van der Waals surface area contributed by atoms with Crippen LogP contribution < -0.4 is 10.6 Å². The average molecular weight is 326 g/mol. The first-order valence-electron chi connectivity index (χ1n) is 7.02. The van der Waals surface area contributed by atoms with Crippen molar-refractivity contribution < 1.29 is 18.4 Å². The third kappa shape index (κ3) is 5.07. The molecule has 21 heavy (non-hydrogen) atoms. The normalized spacial score (nSPS) is 25.3. The zero-order valence-corrected chi connectivity index (χ0v) is 12.8. The highest BCUT2D eigenvalue weighted by Gasteiger charge is 2.43. The van der Waals surface area contributed by atoms with Gasteiger partial charge in [0.05, 0.1) is 12.6 Å². The fraction of sp³-hybridized carbons (Fsp3) is 0.846. The van der Waals surface area contributed by atoms with Crippen molar-refractivity contribution in [3.05, 3.63) is 0 Å². The van der Waals surface area contributed by atoms with E-state index >= 15 is 0 Å². The van der Waals surface area contributed by atoms with Gasteiger partial charge in [0, 0.05) is 33.0 Å². The topological polar surface area (TPSA) is 61.4 Å². The van der Waals surface area contributed by atoms with E-state index in [0.717, 1.165) is 12.8 Å². The molecule has 1 atom stereocenters. The zero-order chi connectivity index (χ0) is 14.8. The molecule has 2 N–H and O–H groups in total. The monoisotopic (exact) mass is 325 g/mol. The molecule has 0 aromatic heterocycles. The van der Waals surface area contributed by atoms with Crippen LogP contribution in [-0.2, 0) is 9.59 Å². The summed E-state index contributed by atoms with van der Waals surface area (Å²) in [7, 11) is 0. The lowest BCUT2D eigenvalue weighted by Gasteiger charge is -2.33. The zero-order valence-electron chi connectivity index (χ0n) is 12.0. The summed E-state index contributed by atoms with van der Waals surface area (Å²) in [5, 5.41) is 5.37. The predicted octanol–water partition coefficient (Wildman–Crippen LogP) is 0.780. The van der Waals surface area contributed by atoms with Crippen molar-refractivity contribution in [1.82, 2.24) is 15.5 Å². The minimum Gasteiger partial charge on any atom is -0.356 e. The molecule has 5 nitrogen and oxygen atoms in total. The quantitative estimate of drug-likeness (QED) is 0.806. The van der Waals surface area contributed by atoms with E-state index in [4.69, 9.17) is 0 Å². The van der Waals surface area contributed by atoms with Crippen molar-refractivity contribution in [3.8, 4) is 0 Å². The first kappa shape index (κ1) is 18.1. The Balaban J connectivity index is 0.00000220. The Kier molecular flexibility index (Phi) is 6.34. The molecular formula is C13H22ClF2N3O2. The van der Waals surface area contributed by atoms with E-state index in [1.54, 1.807) is 4.90 Å². The van der Waals surface area contributed by atoms with Gasteiger partial charge in [-0.3, -0.25) is 14.9 Å². The van der Waals surface area contributed by atoms with E-state index in [9.17, 15) is 18.4 Å². The van der Waals surface area contributed by atoms with E-state index in [2.05, 4.69) is 10.6 Å². The van der Waals surface area contributed by atoms with Crippen LogP contribution in [0.25, 0.3) is 0 Å². The lowest BCUT2D eigenvalue weighted by atomic mass is 9.96. The van der Waals surface area contributed by atoms with Crippen molar-refractivity contribution in [2.24, 2.45) is 5.92 Å². The van der Waals surface area contributed by atoms with Crippen molar-refractivity contribution in [2.45, 2.75) is 38.2 Å². The summed E-state index contributed by atoms with van der Waals surface area (Å²) >= 11 is 0. The second-order valence-electron chi connectivity index (χ2n) is 5.70. The fourth-order valence-electron chi connectivity index (χ4n) is 2.76. The molecule has 0 aromatic carbocycles. The van der Waals surface area contributed by atoms with E-state index in [1.807, 2.05) is 0 Å². The molecule has 0 spiro atoms. The van der Waals surface area contributed by atoms with Gasteiger partial charge < -0.3 is 10.2 Å². The summed E-state index contributed by atoms with van der Waals surface area (Å²) in [6.45, 7) is 2.84. The van der Waals surface area contributed by atoms with Gasteiger partial charge in [-0.25, -0.2) is 8.78 Å². The molecule has 0 bridgehead atoms. The molecule has 122 valence electrons. The van der Waals surface area contributed by atoms with Gasteiger partial charge in [-0.15, -0.1) is 12.4 Å². The first-order valence-corrected chi connectivity index (χ1v) is 7.02. The number of hydrogen-bond acceptors (Lipinski definition) is 3. The molecule has 0 aromatic rings. The van der Waals surface area contributed by atoms with Gasteiger partial charge in [0.1, 0.15) is 0 Å². The number of nitrogens with zero attached hydrogens (tertiary/aromatic N) is 1. The van der Waals surface area contributed by atoms with Crippen LogP contribution in [0.3, 0.4) is 0 Å². The molecule has 2 saturated heterocycles. The van der Waals surface area contributed by atoms with Crippen LogP contribution in [0.2, 0.25) is 0 Å². The number of alkyl halides is 2. The maximum atomic E-state index is 13.1. The molecule has 2 aliphatic heterocycles. The second-order valence-corrected chi connectivity index (χ2v) is 5.70. The van der Waals surface area contributed by atoms with Crippen LogP contribution in [0.5, 0.6) is 0 Å². The van der Waals surface area contributed by atoms with Gasteiger partial charge in [-0.05, 0) is 18.8 Å². The average Bonchev–Trinajstić information content (AvgIpc) is 2.76. The Labute approximate surface area is 129 Å². The van der Waals surface area contributed by atoms with Crippen LogP contribution in [-0.4, -0.2) is 54.9 Å². The maximum absolute atomic E-state index is 13.1. The summed E-state index contributed by atoms with van der Waals surface area (Å²) in [5.41, 5.74) is 0. The van der Waals surface area contributed by atoms with Gasteiger partial charge >= 0.3 is 0 Å². The smallest absolute Gasteiger partial charge is 0.262 e. The van der Waals surface area contributed by atoms with Crippen LogP contribution in [0.1, 0.15) is 26.2 Å². The van der Waals surface area contributed by atoms with Crippen molar-refractivity contribution >= 4 is 24.2 Å². The third-order valence-corrected chi connectivity index (χ3v) is 3.97. The third-order valence-electron chi connectivity index (χ3n) is 3.97. The summed E-state index contributed by atoms with van der Waals surface area (Å²) in [6.07, 6.45) is 1.20. The molecular weight excluding hydrogens is 304 g/mol. The lowest BCUT2D eigenvalue weighted by Crippen LogP contribution is -2.48. The summed E-state index contributed by atoms with van der Waals surface area (Å²) in [6, 6.07) is -0.753. The fourth-order valence-corrected chi connectivity index (χ4v) is 2.76. The number of carbonyl (C=O) groups is 2. The Hall–Kier alpha value is -0.950. The Morgan fingerprint density at radius 2 is 1.95 bits per heavy atom. The number of halogens is 3. The Morgan fingerprint density at radius 3 is 2.43 bits per heavy atom. The summed E-state index contributed by atoms with van der Waals surface area (Å²) in [5.74, 6) is -2.69. The molecule has 2 amide bonds. The molecule has 2 rings (SSSR count). The SMILES string of the molecule is CC(=O)NCC1CCN(C(=O)C2CC(F)(F)CN2)CC1.Cl. The minimum atomic E-state index is -2.77. The van der Waals surface area contributed by atoms with E-state index < -0.39 is 24.9 Å². The lowest BCUT2D eigenvalue weighted by molar-refractivity contribution is -0.135. The Bertz CT molecular complexity index is 388. The van der Waals surface area contributed by atoms with Gasteiger partial charge in [0.2, 0.25) is 11.8 Å². The number of carbonyl (C=O) groups excluding carboxylic acids is 2. The van der Waals surface area contributed by atoms with Crippen LogP contribution in [0.4, 0.5) is 8.78 Å². The highest BCUT2D eigenvalue weighted by molar-refractivity contribution is 5.85. The number of nitrogens with one attached hydrogen (secondary N) is 2. The molecule has 8 heteroatoms. The van der Waals surface area contributed by atoms with E-state index in [-0.39, 0.29) is 24.2 Å². The van der Waals surface area contributed by atoms with Gasteiger partial charge in [0.15, 0.2) is 0 Å². The molecule has 1 unspecified atom stereocenters. The number of hydrogen-bond donors (Lipinski definition) is 2. The standard InChI is InChI=1S/C13H21F2N3O2.ClH/c1-9(19)16-7-10-2-4-18(5-3-10)12(20)11-6-13(14,15)8-17-11;/h10-11,17H,2-8H2,1H3,(H,16,19);1H. The van der Waals surface area contributed by atoms with E-state index in [1.165, 1.54) is 6.92 Å². The highest BCUT2D eigenvalue weighted by atomic mass is 35.5. The molecule has 2 aliphatic rings. The van der Waals surface area contributed by atoms with Crippen LogP contribution in [0, 0.1) is 5.92 Å². The van der Waals surface area contributed by atoms with Crippen molar-refractivity contribution in [1.29, 1.82) is 0 Å². The first-order chi connectivity index (χ1) is 9.37. The highest BCUT2D eigenvalue weighted by Crippen LogP contribution is 2.27.